The van der Waals surface area contributed by atoms with Crippen molar-refractivity contribution in [3.8, 4) is 0 Å². The van der Waals surface area contributed by atoms with Crippen molar-refractivity contribution in [1.29, 1.82) is 0 Å². The van der Waals surface area contributed by atoms with E-state index < -0.39 is 20.0 Å². The summed E-state index contributed by atoms with van der Waals surface area (Å²) in [5.74, 6) is -0.179. The molecule has 8 nitrogen and oxygen atoms in total. The molecule has 0 aliphatic rings. The summed E-state index contributed by atoms with van der Waals surface area (Å²) >= 11 is 0. The summed E-state index contributed by atoms with van der Waals surface area (Å²) in [7, 11) is 1.58. The second-order valence-electron chi connectivity index (χ2n) is 15.0. The molecule has 0 heterocycles. The first-order valence-corrected chi connectivity index (χ1v) is 21.6. The van der Waals surface area contributed by atoms with Gasteiger partial charge in [-0.05, 0) is 19.3 Å². The molecular weight excluding hydrogens is 623 g/mol. The maximum atomic E-state index is 12.8. The highest BCUT2D eigenvalue weighted by molar-refractivity contribution is 7.47. The third kappa shape index (κ3) is 33.7. The van der Waals surface area contributed by atoms with E-state index in [1.165, 1.54) is 122 Å². The van der Waals surface area contributed by atoms with Crippen molar-refractivity contribution in [1.82, 2.24) is 5.32 Å². The van der Waals surface area contributed by atoms with Crippen LogP contribution in [0.4, 0.5) is 0 Å². The van der Waals surface area contributed by atoms with Gasteiger partial charge in [-0.15, -0.1) is 0 Å². The number of nitrogens with zero attached hydrogens (tertiary/aromatic N) is 1. The number of quaternary nitrogens is 1. The first-order chi connectivity index (χ1) is 23.0. The van der Waals surface area contributed by atoms with Crippen LogP contribution in [0.3, 0.4) is 0 Å². The van der Waals surface area contributed by atoms with Gasteiger partial charge in [-0.2, -0.15) is 0 Å². The Labute approximate surface area is 297 Å². The summed E-state index contributed by atoms with van der Waals surface area (Å²) in [6.07, 6.45) is 34.1. The number of unbranched alkanes of at least 4 members (excludes halogenated alkanes) is 23. The Hall–Kier alpha value is -0.760. The zero-order valence-corrected chi connectivity index (χ0v) is 33.1. The summed E-state index contributed by atoms with van der Waals surface area (Å²) in [5.41, 5.74) is 0. The van der Waals surface area contributed by atoms with Crippen molar-refractivity contribution in [2.45, 2.75) is 193 Å². The Bertz CT molecular complexity index is 804. The van der Waals surface area contributed by atoms with Crippen LogP contribution in [-0.4, -0.2) is 73.4 Å². The number of hydrogen-bond acceptors (Lipinski definition) is 5. The third-order valence-corrected chi connectivity index (χ3v) is 9.99. The van der Waals surface area contributed by atoms with Crippen LogP contribution in [0, 0.1) is 0 Å². The lowest BCUT2D eigenvalue weighted by molar-refractivity contribution is -0.870. The predicted octanol–water partition coefficient (Wildman–Crippen LogP) is 10.4. The van der Waals surface area contributed by atoms with Gasteiger partial charge in [0.25, 0.3) is 0 Å². The van der Waals surface area contributed by atoms with Gasteiger partial charge in [-0.1, -0.05) is 167 Å². The smallest absolute Gasteiger partial charge is 0.387 e. The van der Waals surface area contributed by atoms with Gasteiger partial charge in [0.1, 0.15) is 13.2 Å². The number of aliphatic hydroxyl groups is 1. The van der Waals surface area contributed by atoms with E-state index >= 15 is 0 Å². The van der Waals surface area contributed by atoms with Crippen LogP contribution in [0.25, 0.3) is 0 Å². The predicted molar refractivity (Wildman–Crippen MR) is 203 cm³/mol. The molecule has 0 saturated carbocycles. The van der Waals surface area contributed by atoms with Crippen LogP contribution in [0.15, 0.2) is 12.2 Å². The Morgan fingerprint density at radius 1 is 0.688 bits per heavy atom. The molecule has 0 rings (SSSR count). The lowest BCUT2D eigenvalue weighted by atomic mass is 10.0. The molecule has 3 atom stereocenters. The van der Waals surface area contributed by atoms with Crippen LogP contribution in [0.5, 0.6) is 0 Å². The van der Waals surface area contributed by atoms with Crippen LogP contribution < -0.4 is 5.32 Å². The van der Waals surface area contributed by atoms with Gasteiger partial charge in [0.2, 0.25) is 5.91 Å². The van der Waals surface area contributed by atoms with Gasteiger partial charge in [0, 0.05) is 6.42 Å². The molecule has 3 unspecified atom stereocenters. The number of aliphatic hydroxyl groups excluding tert-OH is 1. The van der Waals surface area contributed by atoms with E-state index in [1.807, 2.05) is 27.2 Å². The van der Waals surface area contributed by atoms with Crippen molar-refractivity contribution < 1.29 is 32.9 Å². The molecule has 0 bridgehead atoms. The average Bonchev–Trinajstić information content (AvgIpc) is 3.02. The number of amides is 1. The van der Waals surface area contributed by atoms with Crippen molar-refractivity contribution in [3.05, 3.63) is 12.2 Å². The Morgan fingerprint density at radius 3 is 1.54 bits per heavy atom. The number of phosphoric ester groups is 1. The maximum absolute atomic E-state index is 12.8. The maximum Gasteiger partial charge on any atom is 0.472 e. The fraction of sp³-hybridized carbons (Fsp3) is 0.923. The molecule has 0 aliphatic carbocycles. The van der Waals surface area contributed by atoms with Gasteiger partial charge >= 0.3 is 7.82 Å². The molecule has 9 heteroatoms. The van der Waals surface area contributed by atoms with Crippen LogP contribution >= 0.6 is 7.82 Å². The summed E-state index contributed by atoms with van der Waals surface area (Å²) in [5, 5.41) is 13.8. The lowest BCUT2D eigenvalue weighted by Crippen LogP contribution is -2.45. The molecule has 0 fully saturated rings. The number of carbonyl (C=O) groups is 1. The molecule has 0 saturated heterocycles. The second kappa shape index (κ2) is 32.2. The highest BCUT2D eigenvalue weighted by Crippen LogP contribution is 2.43. The quantitative estimate of drug-likeness (QED) is 0.0260. The molecule has 0 spiro atoms. The van der Waals surface area contributed by atoms with E-state index in [4.69, 9.17) is 9.05 Å². The highest BCUT2D eigenvalue weighted by Gasteiger charge is 2.27. The Morgan fingerprint density at radius 2 is 1.10 bits per heavy atom. The number of rotatable bonds is 36. The summed E-state index contributed by atoms with van der Waals surface area (Å²) in [6.45, 7) is 4.80. The lowest BCUT2D eigenvalue weighted by Gasteiger charge is -2.25. The van der Waals surface area contributed by atoms with Crippen molar-refractivity contribution in [2.75, 3.05) is 40.9 Å². The summed E-state index contributed by atoms with van der Waals surface area (Å²) in [4.78, 5) is 23.0. The zero-order valence-electron chi connectivity index (χ0n) is 32.2. The molecule has 0 radical (unpaired) electrons. The number of phosphoric acid groups is 1. The molecular formula is C39H80N2O6P+. The van der Waals surface area contributed by atoms with Crippen molar-refractivity contribution in [3.63, 3.8) is 0 Å². The molecule has 48 heavy (non-hydrogen) atoms. The topological polar surface area (TPSA) is 105 Å². The standard InChI is InChI=1S/C39H79N2O6P/c1-6-8-10-12-14-16-18-19-20-21-23-24-26-28-30-32-38(42)37(36-47-48(44,45)46-35-34-41(3,4)5)40-39(43)33-31-29-27-25-22-17-15-13-11-9-7-2/h30,32,37-38,42H,6-29,31,33-36H2,1-5H3,(H-,40,43,44,45)/p+1/b32-30+. The average molecular weight is 704 g/mol. The Kier molecular flexibility index (Phi) is 31.7. The van der Waals surface area contributed by atoms with Gasteiger partial charge < -0.3 is 19.8 Å². The van der Waals surface area contributed by atoms with E-state index in [-0.39, 0.29) is 19.1 Å². The SMILES string of the molecule is CCCCCCCCCCCCCCC/C=C/C(O)C(COP(=O)(O)OCC[N+](C)(C)C)NC(=O)CCCCCCCCCCCCC. The summed E-state index contributed by atoms with van der Waals surface area (Å²) < 4.78 is 23.5. The highest BCUT2D eigenvalue weighted by atomic mass is 31.2. The number of nitrogens with one attached hydrogen (secondary N) is 1. The molecule has 0 aromatic rings. The number of carbonyl (C=O) groups excluding carboxylic acids is 1. The fourth-order valence-electron chi connectivity index (χ4n) is 5.75. The molecule has 1 amide bonds. The van der Waals surface area contributed by atoms with Gasteiger partial charge in [0.05, 0.1) is 39.9 Å². The summed E-state index contributed by atoms with van der Waals surface area (Å²) in [6, 6.07) is -0.837. The van der Waals surface area contributed by atoms with Crippen LogP contribution in [-0.2, 0) is 18.4 Å². The van der Waals surface area contributed by atoms with Crippen LogP contribution in [0.1, 0.15) is 181 Å². The van der Waals surface area contributed by atoms with E-state index in [2.05, 4.69) is 19.2 Å². The van der Waals surface area contributed by atoms with E-state index in [0.717, 1.165) is 38.5 Å². The first kappa shape index (κ1) is 47.2. The normalized spacial score (nSPS) is 14.7. The van der Waals surface area contributed by atoms with Crippen molar-refractivity contribution >= 4 is 13.7 Å². The molecule has 286 valence electrons. The number of likely N-dealkylation sites (N-methyl/N-ethyl adjacent to an activating group) is 1. The minimum absolute atomic E-state index is 0.0642. The molecule has 0 aromatic heterocycles. The number of hydrogen-bond donors (Lipinski definition) is 3. The van der Waals surface area contributed by atoms with Crippen LogP contribution in [0.2, 0.25) is 0 Å². The van der Waals surface area contributed by atoms with E-state index in [1.54, 1.807) is 6.08 Å². The fourth-order valence-corrected chi connectivity index (χ4v) is 6.48. The van der Waals surface area contributed by atoms with Crippen molar-refractivity contribution in [2.24, 2.45) is 0 Å². The largest absolute Gasteiger partial charge is 0.472 e. The third-order valence-electron chi connectivity index (χ3n) is 9.01. The van der Waals surface area contributed by atoms with Gasteiger partial charge in [0.15, 0.2) is 0 Å². The second-order valence-corrected chi connectivity index (χ2v) is 16.5. The number of allylic oxidation sites excluding steroid dienone is 1. The van der Waals surface area contributed by atoms with Gasteiger partial charge in [-0.25, -0.2) is 4.57 Å². The Balaban J connectivity index is 4.49. The molecule has 0 aromatic carbocycles. The first-order valence-electron chi connectivity index (χ1n) is 20.1. The monoisotopic (exact) mass is 704 g/mol. The van der Waals surface area contributed by atoms with E-state index in [9.17, 15) is 19.4 Å². The molecule has 3 N–H and O–H groups in total. The molecule has 0 aliphatic heterocycles. The minimum atomic E-state index is -4.32. The zero-order chi connectivity index (χ0) is 35.8. The minimum Gasteiger partial charge on any atom is -0.387 e. The van der Waals surface area contributed by atoms with E-state index in [0.29, 0.717) is 17.4 Å². The van der Waals surface area contributed by atoms with Gasteiger partial charge in [-0.3, -0.25) is 13.8 Å².